The van der Waals surface area contributed by atoms with Gasteiger partial charge in [-0.05, 0) is 13.3 Å². The van der Waals surface area contributed by atoms with Gasteiger partial charge in [0.25, 0.3) is 0 Å². The van der Waals surface area contributed by atoms with Crippen molar-refractivity contribution in [2.24, 2.45) is 5.73 Å². The molecule has 0 aromatic carbocycles. The van der Waals surface area contributed by atoms with E-state index in [1.807, 2.05) is 13.8 Å². The van der Waals surface area contributed by atoms with Gasteiger partial charge in [0.1, 0.15) is 6.54 Å². The number of hydrogen-bond donors (Lipinski definition) is 2. The Labute approximate surface area is 89.6 Å². The Kier molecular flexibility index (Phi) is 4.30. The first-order chi connectivity index (χ1) is 7.15. The highest BCUT2D eigenvalue weighted by Crippen LogP contribution is 1.96. The minimum atomic E-state index is -0.0176. The molecule has 0 spiro atoms. The molecule has 0 saturated carbocycles. The molecule has 0 saturated heterocycles. The van der Waals surface area contributed by atoms with Crippen LogP contribution in [0.4, 0.5) is 0 Å². The predicted molar refractivity (Wildman–Crippen MR) is 58.0 cm³/mol. The van der Waals surface area contributed by atoms with Crippen molar-refractivity contribution < 1.29 is 4.79 Å². The SMILES string of the molecule is CCC(C)NC(=O)Cn1cc(CN)cn1. The van der Waals surface area contributed by atoms with Crippen LogP contribution in [0.3, 0.4) is 0 Å². The number of nitrogens with one attached hydrogen (secondary N) is 1. The first kappa shape index (κ1) is 11.7. The lowest BCUT2D eigenvalue weighted by atomic mass is 10.2. The summed E-state index contributed by atoms with van der Waals surface area (Å²) in [5, 5.41) is 6.91. The Morgan fingerprint density at radius 1 is 1.73 bits per heavy atom. The average Bonchev–Trinajstić information content (AvgIpc) is 2.65. The summed E-state index contributed by atoms with van der Waals surface area (Å²) >= 11 is 0. The third-order valence-corrected chi connectivity index (χ3v) is 2.25. The van der Waals surface area contributed by atoms with E-state index in [2.05, 4.69) is 10.4 Å². The number of nitrogens with zero attached hydrogens (tertiary/aromatic N) is 2. The molecule has 3 N–H and O–H groups in total. The van der Waals surface area contributed by atoms with Crippen LogP contribution in [0, 0.1) is 0 Å². The second-order valence-corrected chi connectivity index (χ2v) is 3.63. The largest absolute Gasteiger partial charge is 0.352 e. The lowest BCUT2D eigenvalue weighted by Crippen LogP contribution is -2.34. The maximum Gasteiger partial charge on any atom is 0.241 e. The lowest BCUT2D eigenvalue weighted by Gasteiger charge is -2.10. The van der Waals surface area contributed by atoms with Crippen LogP contribution in [-0.2, 0) is 17.9 Å². The monoisotopic (exact) mass is 210 g/mol. The van der Waals surface area contributed by atoms with Crippen molar-refractivity contribution in [3.05, 3.63) is 18.0 Å². The van der Waals surface area contributed by atoms with Crippen LogP contribution in [0.5, 0.6) is 0 Å². The van der Waals surface area contributed by atoms with E-state index in [0.717, 1.165) is 12.0 Å². The zero-order valence-corrected chi connectivity index (χ0v) is 9.23. The number of hydrogen-bond acceptors (Lipinski definition) is 3. The number of rotatable bonds is 5. The zero-order valence-electron chi connectivity index (χ0n) is 9.23. The number of aromatic nitrogens is 2. The van der Waals surface area contributed by atoms with Crippen molar-refractivity contribution in [1.29, 1.82) is 0 Å². The molecule has 1 rings (SSSR count). The second kappa shape index (κ2) is 5.50. The van der Waals surface area contributed by atoms with Gasteiger partial charge < -0.3 is 11.1 Å². The van der Waals surface area contributed by atoms with Crippen LogP contribution in [0.2, 0.25) is 0 Å². The van der Waals surface area contributed by atoms with Crippen LogP contribution in [0.15, 0.2) is 12.4 Å². The molecule has 5 nitrogen and oxygen atoms in total. The quantitative estimate of drug-likeness (QED) is 0.732. The second-order valence-electron chi connectivity index (χ2n) is 3.63. The van der Waals surface area contributed by atoms with Gasteiger partial charge in [-0.3, -0.25) is 9.48 Å². The topological polar surface area (TPSA) is 72.9 Å². The number of nitrogens with two attached hydrogens (primary N) is 1. The normalized spacial score (nSPS) is 12.5. The van der Waals surface area contributed by atoms with Crippen molar-refractivity contribution in [1.82, 2.24) is 15.1 Å². The van der Waals surface area contributed by atoms with Crippen LogP contribution in [-0.4, -0.2) is 21.7 Å². The summed E-state index contributed by atoms with van der Waals surface area (Å²) in [5.41, 5.74) is 6.38. The van der Waals surface area contributed by atoms with E-state index in [0.29, 0.717) is 6.54 Å². The summed E-state index contributed by atoms with van der Waals surface area (Å²) in [4.78, 5) is 11.5. The van der Waals surface area contributed by atoms with Gasteiger partial charge in [0.05, 0.1) is 6.20 Å². The Morgan fingerprint density at radius 2 is 2.47 bits per heavy atom. The molecule has 1 atom stereocenters. The fourth-order valence-electron chi connectivity index (χ4n) is 1.17. The highest BCUT2D eigenvalue weighted by atomic mass is 16.2. The van der Waals surface area contributed by atoms with E-state index in [4.69, 9.17) is 5.73 Å². The third kappa shape index (κ3) is 3.71. The first-order valence-electron chi connectivity index (χ1n) is 5.16. The molecule has 1 aromatic rings. The van der Waals surface area contributed by atoms with E-state index in [1.165, 1.54) is 0 Å². The number of amides is 1. The summed E-state index contributed by atoms with van der Waals surface area (Å²) in [6.07, 6.45) is 4.39. The molecule has 1 unspecified atom stereocenters. The molecule has 5 heteroatoms. The highest BCUT2D eigenvalue weighted by molar-refractivity contribution is 5.75. The van der Waals surface area contributed by atoms with Crippen molar-refractivity contribution >= 4 is 5.91 Å². The van der Waals surface area contributed by atoms with Crippen molar-refractivity contribution in [2.45, 2.75) is 39.4 Å². The van der Waals surface area contributed by atoms with Gasteiger partial charge in [0, 0.05) is 24.3 Å². The van der Waals surface area contributed by atoms with Crippen LogP contribution >= 0.6 is 0 Å². The van der Waals surface area contributed by atoms with Gasteiger partial charge in [0.2, 0.25) is 5.91 Å². The third-order valence-electron chi connectivity index (χ3n) is 2.25. The zero-order chi connectivity index (χ0) is 11.3. The van der Waals surface area contributed by atoms with Gasteiger partial charge in [0.15, 0.2) is 0 Å². The van der Waals surface area contributed by atoms with Crippen LogP contribution < -0.4 is 11.1 Å². The smallest absolute Gasteiger partial charge is 0.241 e. The molecule has 0 bridgehead atoms. The molecule has 84 valence electrons. The Balaban J connectivity index is 2.44. The maximum atomic E-state index is 11.5. The molecule has 1 amide bonds. The molecule has 0 radical (unpaired) electrons. The Bertz CT molecular complexity index is 321. The summed E-state index contributed by atoms with van der Waals surface area (Å²) in [6, 6.07) is 0.210. The molecule has 0 aliphatic rings. The van der Waals surface area contributed by atoms with Crippen molar-refractivity contribution in [3.63, 3.8) is 0 Å². The van der Waals surface area contributed by atoms with Gasteiger partial charge >= 0.3 is 0 Å². The Hall–Kier alpha value is -1.36. The fourth-order valence-corrected chi connectivity index (χ4v) is 1.17. The molecule has 0 aliphatic carbocycles. The highest BCUT2D eigenvalue weighted by Gasteiger charge is 2.06. The van der Waals surface area contributed by atoms with E-state index >= 15 is 0 Å². The summed E-state index contributed by atoms with van der Waals surface area (Å²) < 4.78 is 1.60. The standard InChI is InChI=1S/C10H18N4O/c1-3-8(2)13-10(15)7-14-6-9(4-11)5-12-14/h5-6,8H,3-4,7,11H2,1-2H3,(H,13,15). The molecular weight excluding hydrogens is 192 g/mol. The van der Waals surface area contributed by atoms with Gasteiger partial charge in [-0.2, -0.15) is 5.10 Å². The summed E-state index contributed by atoms with van der Waals surface area (Å²) in [5.74, 6) is -0.0176. The minimum absolute atomic E-state index is 0.0176. The molecule has 1 aromatic heterocycles. The molecule has 0 aliphatic heterocycles. The summed E-state index contributed by atoms with van der Waals surface area (Å²) in [7, 11) is 0. The van der Waals surface area contributed by atoms with Gasteiger partial charge in [-0.25, -0.2) is 0 Å². The maximum absolute atomic E-state index is 11.5. The fraction of sp³-hybridized carbons (Fsp3) is 0.600. The first-order valence-corrected chi connectivity index (χ1v) is 5.16. The van der Waals surface area contributed by atoms with E-state index in [-0.39, 0.29) is 18.5 Å². The minimum Gasteiger partial charge on any atom is -0.352 e. The lowest BCUT2D eigenvalue weighted by molar-refractivity contribution is -0.122. The van der Waals surface area contributed by atoms with E-state index in [1.54, 1.807) is 17.1 Å². The van der Waals surface area contributed by atoms with E-state index < -0.39 is 0 Å². The predicted octanol–water partition coefficient (Wildman–Crippen LogP) is 0.257. The van der Waals surface area contributed by atoms with Crippen molar-refractivity contribution in [2.75, 3.05) is 0 Å². The van der Waals surface area contributed by atoms with Gasteiger partial charge in [-0.1, -0.05) is 6.92 Å². The number of carbonyl (C=O) groups excluding carboxylic acids is 1. The summed E-state index contributed by atoms with van der Waals surface area (Å²) in [6.45, 7) is 4.72. The van der Waals surface area contributed by atoms with Crippen LogP contribution in [0.25, 0.3) is 0 Å². The molecule has 15 heavy (non-hydrogen) atoms. The van der Waals surface area contributed by atoms with Crippen LogP contribution in [0.1, 0.15) is 25.8 Å². The Morgan fingerprint density at radius 3 is 3.00 bits per heavy atom. The molecule has 1 heterocycles. The van der Waals surface area contributed by atoms with Gasteiger partial charge in [-0.15, -0.1) is 0 Å². The average molecular weight is 210 g/mol. The molecule has 0 fully saturated rings. The van der Waals surface area contributed by atoms with Crippen molar-refractivity contribution in [3.8, 4) is 0 Å². The molecular formula is C10H18N4O. The van der Waals surface area contributed by atoms with E-state index in [9.17, 15) is 4.79 Å². The number of carbonyl (C=O) groups is 1.